The van der Waals surface area contributed by atoms with E-state index in [0.717, 1.165) is 11.3 Å². The van der Waals surface area contributed by atoms with E-state index in [0.29, 0.717) is 43.0 Å². The second-order valence-electron chi connectivity index (χ2n) is 6.89. The summed E-state index contributed by atoms with van der Waals surface area (Å²) in [5.74, 6) is 2.62. The van der Waals surface area contributed by atoms with Crippen molar-refractivity contribution in [1.29, 1.82) is 0 Å². The second kappa shape index (κ2) is 11.5. The molecule has 8 heteroatoms. The second-order valence-corrected chi connectivity index (χ2v) is 6.89. The molecule has 168 valence electrons. The van der Waals surface area contributed by atoms with E-state index in [9.17, 15) is 4.79 Å². The van der Waals surface area contributed by atoms with Gasteiger partial charge in [-0.25, -0.2) is 0 Å². The molecule has 1 aromatic heterocycles. The Morgan fingerprint density at radius 2 is 1.88 bits per heavy atom. The highest BCUT2D eigenvalue weighted by Crippen LogP contribution is 2.29. The maximum Gasteiger partial charge on any atom is 0.248 e. The zero-order chi connectivity index (χ0) is 22.8. The minimum absolute atomic E-state index is 0.273. The van der Waals surface area contributed by atoms with Gasteiger partial charge in [0.2, 0.25) is 11.8 Å². The fourth-order valence-corrected chi connectivity index (χ4v) is 2.83. The van der Waals surface area contributed by atoms with E-state index < -0.39 is 0 Å². The maximum absolute atomic E-state index is 12.2. The van der Waals surface area contributed by atoms with Gasteiger partial charge in [0.05, 0.1) is 6.61 Å². The van der Waals surface area contributed by atoms with Gasteiger partial charge in [-0.05, 0) is 56.7 Å². The van der Waals surface area contributed by atoms with Gasteiger partial charge in [0.15, 0.2) is 17.3 Å². The number of carbonyl (C=O) groups is 1. The lowest BCUT2D eigenvalue weighted by Gasteiger charge is -2.13. The molecular weight excluding hydrogens is 410 g/mol. The highest BCUT2D eigenvalue weighted by molar-refractivity contribution is 5.92. The Labute approximate surface area is 187 Å². The first-order valence-electron chi connectivity index (χ1n) is 10.4. The molecule has 0 bridgehead atoms. The van der Waals surface area contributed by atoms with E-state index in [1.807, 2.05) is 55.5 Å². The van der Waals surface area contributed by atoms with Gasteiger partial charge in [-0.3, -0.25) is 4.79 Å². The maximum atomic E-state index is 12.2. The molecular formula is C24H27N3O5. The van der Waals surface area contributed by atoms with E-state index in [1.54, 1.807) is 19.9 Å². The van der Waals surface area contributed by atoms with Crippen molar-refractivity contribution >= 4 is 12.0 Å². The van der Waals surface area contributed by atoms with E-state index in [-0.39, 0.29) is 11.9 Å². The van der Waals surface area contributed by atoms with Crippen LogP contribution in [0.5, 0.6) is 17.2 Å². The van der Waals surface area contributed by atoms with E-state index in [4.69, 9.17) is 18.7 Å². The van der Waals surface area contributed by atoms with Crippen molar-refractivity contribution in [2.75, 3.05) is 19.8 Å². The third kappa shape index (κ3) is 6.87. The summed E-state index contributed by atoms with van der Waals surface area (Å²) < 4.78 is 22.2. The molecule has 0 aliphatic carbocycles. The zero-order valence-corrected chi connectivity index (χ0v) is 18.4. The van der Waals surface area contributed by atoms with Crippen molar-refractivity contribution in [3.05, 3.63) is 71.9 Å². The van der Waals surface area contributed by atoms with Gasteiger partial charge < -0.3 is 24.1 Å². The number of amides is 1. The minimum Gasteiger partial charge on any atom is -0.490 e. The number of aromatic nitrogens is 2. The average molecular weight is 437 g/mol. The number of nitrogens with zero attached hydrogens (tertiary/aromatic N) is 2. The predicted octanol–water partition coefficient (Wildman–Crippen LogP) is 4.13. The Bertz CT molecular complexity index is 1030. The van der Waals surface area contributed by atoms with E-state index in [2.05, 4.69) is 15.5 Å². The van der Waals surface area contributed by atoms with Crippen LogP contribution in [0.3, 0.4) is 0 Å². The Kier molecular flexibility index (Phi) is 8.25. The molecule has 0 aliphatic heterocycles. The summed E-state index contributed by atoms with van der Waals surface area (Å²) >= 11 is 0. The fourth-order valence-electron chi connectivity index (χ4n) is 2.83. The lowest BCUT2D eigenvalue weighted by Crippen LogP contribution is -2.24. The summed E-state index contributed by atoms with van der Waals surface area (Å²) in [5, 5.41) is 6.51. The number of para-hydroxylation sites is 1. The molecule has 0 saturated heterocycles. The summed E-state index contributed by atoms with van der Waals surface area (Å²) in [6, 6.07) is 14.7. The fraction of sp³-hybridized carbons (Fsp3) is 0.292. The van der Waals surface area contributed by atoms with Gasteiger partial charge in [0.1, 0.15) is 25.0 Å². The van der Waals surface area contributed by atoms with Gasteiger partial charge in [0, 0.05) is 6.08 Å². The molecule has 0 spiro atoms. The van der Waals surface area contributed by atoms with Crippen molar-refractivity contribution in [3.8, 4) is 17.2 Å². The topological polar surface area (TPSA) is 95.7 Å². The molecule has 3 aromatic rings. The van der Waals surface area contributed by atoms with Crippen molar-refractivity contribution in [3.63, 3.8) is 0 Å². The number of aryl methyl sites for hydroxylation is 1. The molecule has 32 heavy (non-hydrogen) atoms. The first-order valence-corrected chi connectivity index (χ1v) is 10.4. The van der Waals surface area contributed by atoms with E-state index >= 15 is 0 Å². The molecule has 1 heterocycles. The third-order valence-electron chi connectivity index (χ3n) is 4.32. The van der Waals surface area contributed by atoms with Crippen LogP contribution in [-0.4, -0.2) is 35.9 Å². The summed E-state index contributed by atoms with van der Waals surface area (Å²) in [6.07, 6.45) is 3.14. The van der Waals surface area contributed by atoms with Crippen LogP contribution in [0.1, 0.15) is 37.2 Å². The lowest BCUT2D eigenvalue weighted by molar-refractivity contribution is -0.117. The molecule has 0 fully saturated rings. The molecule has 1 unspecified atom stereocenters. The van der Waals surface area contributed by atoms with Gasteiger partial charge >= 0.3 is 0 Å². The molecule has 0 saturated carbocycles. The van der Waals surface area contributed by atoms with Crippen LogP contribution < -0.4 is 19.5 Å². The third-order valence-corrected chi connectivity index (χ3v) is 4.32. The number of nitrogens with one attached hydrogen (secondary N) is 1. The van der Waals surface area contributed by atoms with Crippen LogP contribution in [0.25, 0.3) is 6.08 Å². The number of hydrogen-bond donors (Lipinski definition) is 1. The highest BCUT2D eigenvalue weighted by Gasteiger charge is 2.14. The SMILES string of the molecule is CCOc1cc(/C=C/C(=O)NC(C)c2nc(C)no2)ccc1OCCOc1ccccc1. The largest absolute Gasteiger partial charge is 0.490 e. The average Bonchev–Trinajstić information content (AvgIpc) is 3.24. The lowest BCUT2D eigenvalue weighted by atomic mass is 10.2. The normalized spacial score (nSPS) is 11.8. The van der Waals surface area contributed by atoms with Gasteiger partial charge in [-0.15, -0.1) is 0 Å². The van der Waals surface area contributed by atoms with Crippen molar-refractivity contribution in [1.82, 2.24) is 15.5 Å². The van der Waals surface area contributed by atoms with Gasteiger partial charge in [-0.1, -0.05) is 29.4 Å². The quantitative estimate of drug-likeness (QED) is 0.356. The Hall–Kier alpha value is -3.81. The monoisotopic (exact) mass is 437 g/mol. The summed E-state index contributed by atoms with van der Waals surface area (Å²) in [7, 11) is 0. The molecule has 1 amide bonds. The molecule has 8 nitrogen and oxygen atoms in total. The molecule has 0 radical (unpaired) electrons. The highest BCUT2D eigenvalue weighted by atomic mass is 16.5. The molecule has 1 N–H and O–H groups in total. The van der Waals surface area contributed by atoms with Gasteiger partial charge in [0.25, 0.3) is 0 Å². The number of benzene rings is 2. The summed E-state index contributed by atoms with van der Waals surface area (Å²) in [6.45, 7) is 6.68. The molecule has 3 rings (SSSR count). The summed E-state index contributed by atoms with van der Waals surface area (Å²) in [5.41, 5.74) is 0.803. The van der Waals surface area contributed by atoms with Crippen LogP contribution >= 0.6 is 0 Å². The van der Waals surface area contributed by atoms with Crippen LogP contribution in [0.15, 0.2) is 59.1 Å². The zero-order valence-electron chi connectivity index (χ0n) is 18.4. The van der Waals surface area contributed by atoms with Crippen LogP contribution in [0.4, 0.5) is 0 Å². The van der Waals surface area contributed by atoms with Crippen LogP contribution in [0, 0.1) is 6.92 Å². The number of carbonyl (C=O) groups excluding carboxylic acids is 1. The summed E-state index contributed by atoms with van der Waals surface area (Å²) in [4.78, 5) is 16.3. The predicted molar refractivity (Wildman–Crippen MR) is 120 cm³/mol. The Balaban J connectivity index is 1.55. The smallest absolute Gasteiger partial charge is 0.248 e. The van der Waals surface area contributed by atoms with Crippen molar-refractivity contribution in [2.24, 2.45) is 0 Å². The van der Waals surface area contributed by atoms with Crippen LogP contribution in [-0.2, 0) is 4.79 Å². The van der Waals surface area contributed by atoms with E-state index in [1.165, 1.54) is 6.08 Å². The van der Waals surface area contributed by atoms with Gasteiger partial charge in [-0.2, -0.15) is 4.98 Å². The molecule has 2 aromatic carbocycles. The minimum atomic E-state index is -0.388. The van der Waals surface area contributed by atoms with Crippen molar-refractivity contribution in [2.45, 2.75) is 26.8 Å². The number of hydrogen-bond acceptors (Lipinski definition) is 7. The first kappa shape index (κ1) is 22.9. The Morgan fingerprint density at radius 3 is 2.59 bits per heavy atom. The standard InChI is InChI=1S/C24H27N3O5/c1-4-29-22-16-19(11-13-23(28)25-17(2)24-26-18(3)27-32-24)10-12-21(22)31-15-14-30-20-8-6-5-7-9-20/h5-13,16-17H,4,14-15H2,1-3H3,(H,25,28)/b13-11+. The first-order chi connectivity index (χ1) is 15.5. The molecule has 0 aliphatic rings. The molecule has 1 atom stereocenters. The number of rotatable bonds is 11. The number of ether oxygens (including phenoxy) is 3. The van der Waals surface area contributed by atoms with Crippen molar-refractivity contribution < 1.29 is 23.5 Å². The van der Waals surface area contributed by atoms with Crippen LogP contribution in [0.2, 0.25) is 0 Å². The Morgan fingerprint density at radius 1 is 1.09 bits per heavy atom.